The predicted octanol–water partition coefficient (Wildman–Crippen LogP) is 0.743. The molecular formula is C9H13N3O2. The third-order valence-corrected chi connectivity index (χ3v) is 2.47. The van der Waals surface area contributed by atoms with Crippen LogP contribution in [-0.4, -0.2) is 29.2 Å². The molecule has 0 aliphatic carbocycles. The van der Waals surface area contributed by atoms with E-state index in [9.17, 15) is 4.79 Å². The third kappa shape index (κ3) is 2.39. The normalized spacial score (nSPS) is 19.1. The average Bonchev–Trinajstić information content (AvgIpc) is 2.18. The zero-order chi connectivity index (χ0) is 10.6. The molecule has 0 spiro atoms. The topological polar surface area (TPSA) is 90.4 Å². The van der Waals surface area contributed by atoms with Crippen LogP contribution in [0, 0.1) is 17.2 Å². The second-order valence-electron chi connectivity index (χ2n) is 3.32. The van der Waals surface area contributed by atoms with Crippen molar-refractivity contribution in [1.29, 1.82) is 5.26 Å². The number of carboxylic acid groups (broad SMARTS) is 1. The lowest BCUT2D eigenvalue weighted by Crippen LogP contribution is -2.38. The van der Waals surface area contributed by atoms with Crippen LogP contribution in [0.2, 0.25) is 0 Å². The number of nitrogens with zero attached hydrogens (tertiary/aromatic N) is 2. The summed E-state index contributed by atoms with van der Waals surface area (Å²) in [5.41, 5.74) is 6.22. The molecule has 0 aromatic carbocycles. The molecule has 1 aliphatic rings. The van der Waals surface area contributed by atoms with Crippen LogP contribution in [0.1, 0.15) is 12.8 Å². The summed E-state index contributed by atoms with van der Waals surface area (Å²) < 4.78 is 0. The summed E-state index contributed by atoms with van der Waals surface area (Å²) in [7, 11) is 0. The largest absolute Gasteiger partial charge is 0.465 e. The van der Waals surface area contributed by atoms with Crippen molar-refractivity contribution in [3.05, 3.63) is 11.8 Å². The lowest BCUT2D eigenvalue weighted by Gasteiger charge is -2.29. The highest BCUT2D eigenvalue weighted by molar-refractivity contribution is 5.65. The molecular weight excluding hydrogens is 182 g/mol. The fourth-order valence-electron chi connectivity index (χ4n) is 1.60. The van der Waals surface area contributed by atoms with Gasteiger partial charge in [-0.3, -0.25) is 0 Å². The molecule has 1 aliphatic heterocycles. The van der Waals surface area contributed by atoms with Crippen LogP contribution in [0.25, 0.3) is 0 Å². The van der Waals surface area contributed by atoms with Gasteiger partial charge in [-0.2, -0.15) is 5.26 Å². The molecule has 0 saturated carbocycles. The molecule has 0 aromatic heterocycles. The van der Waals surface area contributed by atoms with Gasteiger partial charge in [-0.15, -0.1) is 0 Å². The standard InChI is InChI=1S/C9H13N3O2/c10-4-1-8(11)7-2-5-12(6-3-7)9(13)14/h1,7H,2-3,5-6,11H2,(H,13,14). The first-order valence-electron chi connectivity index (χ1n) is 4.48. The van der Waals surface area contributed by atoms with E-state index in [0.717, 1.165) is 0 Å². The van der Waals surface area contributed by atoms with Gasteiger partial charge in [0.15, 0.2) is 0 Å². The van der Waals surface area contributed by atoms with Crippen molar-refractivity contribution >= 4 is 6.09 Å². The Kier molecular flexibility index (Phi) is 3.35. The smallest absolute Gasteiger partial charge is 0.407 e. The van der Waals surface area contributed by atoms with E-state index in [1.807, 2.05) is 6.07 Å². The molecule has 0 radical (unpaired) electrons. The molecule has 1 heterocycles. The predicted molar refractivity (Wildman–Crippen MR) is 50.2 cm³/mol. The number of rotatable bonds is 1. The lowest BCUT2D eigenvalue weighted by atomic mass is 9.94. The van der Waals surface area contributed by atoms with E-state index < -0.39 is 6.09 Å². The first kappa shape index (κ1) is 10.4. The van der Waals surface area contributed by atoms with Gasteiger partial charge in [0.25, 0.3) is 0 Å². The van der Waals surface area contributed by atoms with Crippen molar-refractivity contribution in [2.45, 2.75) is 12.8 Å². The minimum atomic E-state index is -0.883. The molecule has 14 heavy (non-hydrogen) atoms. The molecule has 1 saturated heterocycles. The average molecular weight is 195 g/mol. The quantitative estimate of drug-likeness (QED) is 0.604. The Bertz CT molecular complexity index is 285. The number of likely N-dealkylation sites (tertiary alicyclic amines) is 1. The van der Waals surface area contributed by atoms with Gasteiger partial charge < -0.3 is 15.7 Å². The maximum Gasteiger partial charge on any atom is 0.407 e. The van der Waals surface area contributed by atoms with Crippen LogP contribution in [0.4, 0.5) is 4.79 Å². The number of amides is 1. The Morgan fingerprint density at radius 3 is 2.57 bits per heavy atom. The Balaban J connectivity index is 2.48. The highest BCUT2D eigenvalue weighted by atomic mass is 16.4. The van der Waals surface area contributed by atoms with Gasteiger partial charge in [-0.1, -0.05) is 0 Å². The fourth-order valence-corrected chi connectivity index (χ4v) is 1.60. The van der Waals surface area contributed by atoms with Crippen molar-refractivity contribution in [1.82, 2.24) is 4.90 Å². The molecule has 0 atom stereocenters. The SMILES string of the molecule is N#CC=C(N)C1CCN(C(=O)O)CC1. The maximum absolute atomic E-state index is 10.6. The third-order valence-electron chi connectivity index (χ3n) is 2.47. The van der Waals surface area contributed by atoms with Gasteiger partial charge >= 0.3 is 6.09 Å². The molecule has 1 rings (SSSR count). The van der Waals surface area contributed by atoms with E-state index in [0.29, 0.717) is 31.6 Å². The molecule has 5 heteroatoms. The van der Waals surface area contributed by atoms with Crippen molar-refractivity contribution in [2.75, 3.05) is 13.1 Å². The molecule has 76 valence electrons. The first-order valence-corrected chi connectivity index (χ1v) is 4.48. The van der Waals surface area contributed by atoms with Crippen LogP contribution in [0.3, 0.4) is 0 Å². The van der Waals surface area contributed by atoms with E-state index in [1.165, 1.54) is 11.0 Å². The molecule has 3 N–H and O–H groups in total. The summed E-state index contributed by atoms with van der Waals surface area (Å²) in [5, 5.41) is 17.1. The highest BCUT2D eigenvalue weighted by Gasteiger charge is 2.23. The monoisotopic (exact) mass is 195 g/mol. The molecule has 0 aromatic rings. The van der Waals surface area contributed by atoms with Gasteiger partial charge in [0.2, 0.25) is 0 Å². The van der Waals surface area contributed by atoms with E-state index in [1.54, 1.807) is 0 Å². The molecule has 1 fully saturated rings. The Labute approximate surface area is 82.4 Å². The van der Waals surface area contributed by atoms with Crippen molar-refractivity contribution < 1.29 is 9.90 Å². The summed E-state index contributed by atoms with van der Waals surface area (Å²) in [6.45, 7) is 1.000. The summed E-state index contributed by atoms with van der Waals surface area (Å²) >= 11 is 0. The Morgan fingerprint density at radius 2 is 2.14 bits per heavy atom. The molecule has 0 bridgehead atoms. The summed E-state index contributed by atoms with van der Waals surface area (Å²) in [4.78, 5) is 12.0. The molecule has 0 unspecified atom stereocenters. The minimum Gasteiger partial charge on any atom is -0.465 e. The minimum absolute atomic E-state index is 0.158. The van der Waals surface area contributed by atoms with Crippen LogP contribution in [-0.2, 0) is 0 Å². The van der Waals surface area contributed by atoms with Crippen LogP contribution in [0.15, 0.2) is 11.8 Å². The number of hydrogen-bond acceptors (Lipinski definition) is 3. The van der Waals surface area contributed by atoms with Crippen LogP contribution in [0.5, 0.6) is 0 Å². The van der Waals surface area contributed by atoms with Crippen LogP contribution >= 0.6 is 0 Å². The maximum atomic E-state index is 10.6. The van der Waals surface area contributed by atoms with E-state index in [4.69, 9.17) is 16.1 Å². The molecule has 5 nitrogen and oxygen atoms in total. The zero-order valence-electron chi connectivity index (χ0n) is 7.81. The highest BCUT2D eigenvalue weighted by Crippen LogP contribution is 2.21. The van der Waals surface area contributed by atoms with Gasteiger partial charge in [-0.05, 0) is 12.8 Å². The van der Waals surface area contributed by atoms with Crippen molar-refractivity contribution in [3.63, 3.8) is 0 Å². The van der Waals surface area contributed by atoms with Crippen LogP contribution < -0.4 is 5.73 Å². The van der Waals surface area contributed by atoms with Crippen molar-refractivity contribution in [3.8, 4) is 6.07 Å². The van der Waals surface area contributed by atoms with E-state index in [-0.39, 0.29) is 5.92 Å². The second kappa shape index (κ2) is 4.51. The Morgan fingerprint density at radius 1 is 1.57 bits per heavy atom. The fraction of sp³-hybridized carbons (Fsp3) is 0.556. The van der Waals surface area contributed by atoms with Gasteiger partial charge in [0.05, 0.1) is 6.07 Å². The van der Waals surface area contributed by atoms with E-state index >= 15 is 0 Å². The number of hydrogen-bond donors (Lipinski definition) is 2. The number of carbonyl (C=O) groups is 1. The second-order valence-corrected chi connectivity index (χ2v) is 3.32. The number of nitriles is 1. The van der Waals surface area contributed by atoms with Gasteiger partial charge in [0.1, 0.15) is 0 Å². The zero-order valence-corrected chi connectivity index (χ0v) is 7.81. The number of allylic oxidation sites excluding steroid dienone is 2. The summed E-state index contributed by atoms with van der Waals surface area (Å²) in [6.07, 6.45) is 1.86. The van der Waals surface area contributed by atoms with Gasteiger partial charge in [0, 0.05) is 30.8 Å². The summed E-state index contributed by atoms with van der Waals surface area (Å²) in [5.74, 6) is 0.158. The van der Waals surface area contributed by atoms with Crippen molar-refractivity contribution in [2.24, 2.45) is 11.7 Å². The number of nitrogens with two attached hydrogens (primary N) is 1. The number of piperidine rings is 1. The van der Waals surface area contributed by atoms with Gasteiger partial charge in [-0.25, -0.2) is 4.79 Å². The Hall–Kier alpha value is -1.70. The summed E-state index contributed by atoms with van der Waals surface area (Å²) in [6, 6.07) is 1.88. The van der Waals surface area contributed by atoms with E-state index in [2.05, 4.69) is 0 Å². The molecule has 1 amide bonds. The first-order chi connectivity index (χ1) is 6.65. The lowest BCUT2D eigenvalue weighted by molar-refractivity contribution is 0.128.